The van der Waals surface area contributed by atoms with Crippen molar-refractivity contribution in [1.82, 2.24) is 9.97 Å². The Balaban J connectivity index is 2.42. The smallest absolute Gasteiger partial charge is 0.141 e. The van der Waals surface area contributed by atoms with Crippen molar-refractivity contribution in [2.24, 2.45) is 0 Å². The fourth-order valence-electron chi connectivity index (χ4n) is 1.44. The van der Waals surface area contributed by atoms with E-state index in [0.717, 1.165) is 17.1 Å². The minimum absolute atomic E-state index is 0.615. The lowest BCUT2D eigenvalue weighted by molar-refractivity contribution is 0.417. The molecular formula is C11H13N3O. The first-order chi connectivity index (χ1) is 7.20. The summed E-state index contributed by atoms with van der Waals surface area (Å²) in [5.41, 5.74) is 8.41. The number of nitrogens with two attached hydrogens (primary N) is 1. The van der Waals surface area contributed by atoms with Crippen molar-refractivity contribution >= 4 is 5.69 Å². The van der Waals surface area contributed by atoms with Gasteiger partial charge in [0.1, 0.15) is 11.6 Å². The number of hydrogen-bond acceptors (Lipinski definition) is 3. The molecule has 15 heavy (non-hydrogen) atoms. The third-order valence-electron chi connectivity index (χ3n) is 2.21. The third-order valence-corrected chi connectivity index (χ3v) is 2.21. The van der Waals surface area contributed by atoms with Crippen molar-refractivity contribution in [2.75, 3.05) is 12.8 Å². The minimum Gasteiger partial charge on any atom is -0.495 e. The molecule has 0 aliphatic carbocycles. The third kappa shape index (κ3) is 1.79. The molecule has 2 rings (SSSR count). The van der Waals surface area contributed by atoms with Gasteiger partial charge in [0.15, 0.2) is 0 Å². The van der Waals surface area contributed by atoms with E-state index in [1.807, 2.05) is 25.1 Å². The number of hydrogen-bond donors (Lipinski definition) is 2. The summed E-state index contributed by atoms with van der Waals surface area (Å²) in [6.45, 7) is 1.96. The highest BCUT2D eigenvalue weighted by molar-refractivity contribution is 5.66. The number of aryl methyl sites for hydroxylation is 1. The van der Waals surface area contributed by atoms with Crippen molar-refractivity contribution in [3.63, 3.8) is 0 Å². The van der Waals surface area contributed by atoms with Gasteiger partial charge in [-0.3, -0.25) is 0 Å². The van der Waals surface area contributed by atoms with E-state index in [1.54, 1.807) is 13.3 Å². The van der Waals surface area contributed by atoms with Gasteiger partial charge in [-0.15, -0.1) is 0 Å². The second-order valence-corrected chi connectivity index (χ2v) is 3.37. The molecule has 0 saturated heterocycles. The molecule has 4 heteroatoms. The molecule has 0 bridgehead atoms. The van der Waals surface area contributed by atoms with Gasteiger partial charge in [0.25, 0.3) is 0 Å². The molecule has 3 N–H and O–H groups in total. The lowest BCUT2D eigenvalue weighted by Gasteiger charge is -2.05. The van der Waals surface area contributed by atoms with Crippen LogP contribution in [-0.4, -0.2) is 17.1 Å². The van der Waals surface area contributed by atoms with Crippen LogP contribution in [-0.2, 0) is 0 Å². The average molecular weight is 203 g/mol. The lowest BCUT2D eigenvalue weighted by atomic mass is 10.2. The summed E-state index contributed by atoms with van der Waals surface area (Å²) in [4.78, 5) is 7.38. The maximum atomic E-state index is 5.81. The molecule has 1 aromatic carbocycles. The number of methoxy groups -OCH3 is 1. The van der Waals surface area contributed by atoms with Gasteiger partial charge in [-0.05, 0) is 25.1 Å². The standard InChI is InChI=1S/C11H13N3O/c1-7-6-13-11(14-7)8-3-4-10(15-2)9(12)5-8/h3-6H,12H2,1-2H3,(H,13,14). The zero-order chi connectivity index (χ0) is 10.8. The maximum absolute atomic E-state index is 5.81. The van der Waals surface area contributed by atoms with E-state index in [4.69, 9.17) is 10.5 Å². The predicted molar refractivity (Wildman–Crippen MR) is 59.7 cm³/mol. The quantitative estimate of drug-likeness (QED) is 0.733. The van der Waals surface area contributed by atoms with Crippen molar-refractivity contribution in [2.45, 2.75) is 6.92 Å². The van der Waals surface area contributed by atoms with E-state index in [2.05, 4.69) is 9.97 Å². The van der Waals surface area contributed by atoms with Gasteiger partial charge >= 0.3 is 0 Å². The number of anilines is 1. The summed E-state index contributed by atoms with van der Waals surface area (Å²) >= 11 is 0. The molecule has 78 valence electrons. The number of benzene rings is 1. The highest BCUT2D eigenvalue weighted by Crippen LogP contribution is 2.26. The Bertz CT molecular complexity index is 476. The SMILES string of the molecule is COc1ccc(-c2ncc(C)[nH]2)cc1N. The number of nitrogen functional groups attached to an aromatic ring is 1. The number of imidazole rings is 1. The van der Waals surface area contributed by atoms with Gasteiger partial charge in [-0.1, -0.05) is 0 Å². The van der Waals surface area contributed by atoms with E-state index in [9.17, 15) is 0 Å². The number of aromatic nitrogens is 2. The number of aromatic amines is 1. The van der Waals surface area contributed by atoms with Crippen molar-refractivity contribution < 1.29 is 4.74 Å². The zero-order valence-electron chi connectivity index (χ0n) is 8.74. The lowest BCUT2D eigenvalue weighted by Crippen LogP contribution is -1.93. The number of H-pyrrole nitrogens is 1. The van der Waals surface area contributed by atoms with Crippen LogP contribution in [0.2, 0.25) is 0 Å². The van der Waals surface area contributed by atoms with Crippen LogP contribution in [0.15, 0.2) is 24.4 Å². The Morgan fingerprint density at radius 2 is 2.20 bits per heavy atom. The van der Waals surface area contributed by atoms with Crippen molar-refractivity contribution in [3.05, 3.63) is 30.1 Å². The van der Waals surface area contributed by atoms with Crippen LogP contribution in [0.5, 0.6) is 5.75 Å². The van der Waals surface area contributed by atoms with E-state index in [0.29, 0.717) is 11.4 Å². The van der Waals surface area contributed by atoms with Crippen LogP contribution in [0, 0.1) is 6.92 Å². The molecule has 2 aromatic rings. The first-order valence-corrected chi connectivity index (χ1v) is 4.66. The van der Waals surface area contributed by atoms with Crippen LogP contribution in [0.25, 0.3) is 11.4 Å². The minimum atomic E-state index is 0.615. The van der Waals surface area contributed by atoms with Crippen LogP contribution < -0.4 is 10.5 Å². The van der Waals surface area contributed by atoms with E-state index in [-0.39, 0.29) is 0 Å². The first kappa shape index (κ1) is 9.58. The van der Waals surface area contributed by atoms with Gasteiger partial charge in [0, 0.05) is 17.5 Å². The Hall–Kier alpha value is -1.97. The van der Waals surface area contributed by atoms with Gasteiger partial charge in [-0.2, -0.15) is 0 Å². The van der Waals surface area contributed by atoms with Gasteiger partial charge in [0.05, 0.1) is 12.8 Å². The van der Waals surface area contributed by atoms with E-state index >= 15 is 0 Å². The molecule has 0 aliphatic heterocycles. The topological polar surface area (TPSA) is 63.9 Å². The fourth-order valence-corrected chi connectivity index (χ4v) is 1.44. The Labute approximate surface area is 88.1 Å². The molecule has 0 saturated carbocycles. The van der Waals surface area contributed by atoms with E-state index in [1.165, 1.54) is 0 Å². The summed E-state index contributed by atoms with van der Waals surface area (Å²) in [6, 6.07) is 5.60. The number of nitrogens with one attached hydrogen (secondary N) is 1. The van der Waals surface area contributed by atoms with Gasteiger partial charge < -0.3 is 15.5 Å². The number of rotatable bonds is 2. The van der Waals surface area contributed by atoms with Crippen molar-refractivity contribution in [1.29, 1.82) is 0 Å². The van der Waals surface area contributed by atoms with Crippen LogP contribution in [0.1, 0.15) is 5.69 Å². The molecular weight excluding hydrogens is 190 g/mol. The molecule has 4 nitrogen and oxygen atoms in total. The molecule has 0 radical (unpaired) electrons. The second kappa shape index (κ2) is 3.65. The molecule has 0 atom stereocenters. The second-order valence-electron chi connectivity index (χ2n) is 3.37. The Kier molecular flexibility index (Phi) is 2.33. The summed E-state index contributed by atoms with van der Waals surface area (Å²) in [5, 5.41) is 0. The van der Waals surface area contributed by atoms with Gasteiger partial charge in [0.2, 0.25) is 0 Å². The Morgan fingerprint density at radius 1 is 1.40 bits per heavy atom. The summed E-state index contributed by atoms with van der Waals surface area (Å²) in [6.07, 6.45) is 1.79. The van der Waals surface area contributed by atoms with Crippen LogP contribution in [0.3, 0.4) is 0 Å². The molecule has 0 amide bonds. The molecule has 0 unspecified atom stereocenters. The van der Waals surface area contributed by atoms with Crippen LogP contribution in [0.4, 0.5) is 5.69 Å². The molecule has 0 spiro atoms. The maximum Gasteiger partial charge on any atom is 0.141 e. The van der Waals surface area contributed by atoms with Gasteiger partial charge in [-0.25, -0.2) is 4.98 Å². The number of nitrogens with zero attached hydrogens (tertiary/aromatic N) is 1. The monoisotopic (exact) mass is 203 g/mol. The highest BCUT2D eigenvalue weighted by atomic mass is 16.5. The largest absolute Gasteiger partial charge is 0.495 e. The zero-order valence-corrected chi connectivity index (χ0v) is 8.74. The molecule has 0 fully saturated rings. The summed E-state index contributed by atoms with van der Waals surface area (Å²) in [5.74, 6) is 1.50. The highest BCUT2D eigenvalue weighted by Gasteiger charge is 2.04. The van der Waals surface area contributed by atoms with Crippen molar-refractivity contribution in [3.8, 4) is 17.1 Å². The van der Waals surface area contributed by atoms with E-state index < -0.39 is 0 Å². The average Bonchev–Trinajstić information content (AvgIpc) is 2.65. The Morgan fingerprint density at radius 3 is 2.73 bits per heavy atom. The molecule has 1 aromatic heterocycles. The molecule has 1 heterocycles. The summed E-state index contributed by atoms with van der Waals surface area (Å²) in [7, 11) is 1.60. The summed E-state index contributed by atoms with van der Waals surface area (Å²) < 4.78 is 5.09. The predicted octanol–water partition coefficient (Wildman–Crippen LogP) is 1.98. The fraction of sp³-hybridized carbons (Fsp3) is 0.182. The normalized spacial score (nSPS) is 10.3. The first-order valence-electron chi connectivity index (χ1n) is 4.66. The van der Waals surface area contributed by atoms with Crippen LogP contribution >= 0.6 is 0 Å². The number of ether oxygens (including phenoxy) is 1. The molecule has 0 aliphatic rings.